The normalized spacial score (nSPS) is 14.7. The van der Waals surface area contributed by atoms with E-state index < -0.39 is 0 Å². The number of nitrogens with one attached hydrogen (secondary N) is 1. The van der Waals surface area contributed by atoms with Gasteiger partial charge in [-0.2, -0.15) is 0 Å². The van der Waals surface area contributed by atoms with Crippen molar-refractivity contribution in [2.24, 2.45) is 0 Å². The highest BCUT2D eigenvalue weighted by molar-refractivity contribution is 5.88. The molecule has 23 heavy (non-hydrogen) atoms. The second-order valence-corrected chi connectivity index (χ2v) is 5.36. The summed E-state index contributed by atoms with van der Waals surface area (Å²) in [6.07, 6.45) is 3.39. The summed E-state index contributed by atoms with van der Waals surface area (Å²) >= 11 is 0. The van der Waals surface area contributed by atoms with E-state index in [1.54, 1.807) is 30.3 Å². The first-order valence-corrected chi connectivity index (χ1v) is 7.52. The number of aryl methyl sites for hydroxylation is 2. The van der Waals surface area contributed by atoms with Gasteiger partial charge < -0.3 is 9.80 Å². The van der Waals surface area contributed by atoms with Crippen LogP contribution in [-0.2, 0) is 0 Å². The van der Waals surface area contributed by atoms with Crippen LogP contribution >= 0.6 is 0 Å². The van der Waals surface area contributed by atoms with Gasteiger partial charge in [0.2, 0.25) is 0 Å². The average Bonchev–Trinajstić information content (AvgIpc) is 2.55. The first-order valence-electron chi connectivity index (χ1n) is 7.52. The molecular formula is C15H19N7O. The van der Waals surface area contributed by atoms with Crippen LogP contribution in [0.3, 0.4) is 0 Å². The molecule has 2 amide bonds. The van der Waals surface area contributed by atoms with Crippen molar-refractivity contribution in [3.8, 4) is 0 Å². The Balaban J connectivity index is 1.57. The Morgan fingerprint density at radius 2 is 1.65 bits per heavy atom. The van der Waals surface area contributed by atoms with E-state index in [9.17, 15) is 4.79 Å². The van der Waals surface area contributed by atoms with Gasteiger partial charge in [-0.1, -0.05) is 0 Å². The van der Waals surface area contributed by atoms with Gasteiger partial charge in [0.15, 0.2) is 0 Å². The number of urea groups is 1. The van der Waals surface area contributed by atoms with Gasteiger partial charge in [0.25, 0.3) is 0 Å². The quantitative estimate of drug-likeness (QED) is 0.897. The lowest BCUT2D eigenvalue weighted by atomic mass is 10.3. The van der Waals surface area contributed by atoms with E-state index in [1.165, 1.54) is 0 Å². The van der Waals surface area contributed by atoms with E-state index in [4.69, 9.17) is 0 Å². The van der Waals surface area contributed by atoms with Crippen LogP contribution in [-0.4, -0.2) is 57.0 Å². The molecule has 0 bridgehead atoms. The van der Waals surface area contributed by atoms with Crippen molar-refractivity contribution in [2.75, 3.05) is 36.4 Å². The van der Waals surface area contributed by atoms with Crippen LogP contribution in [0.4, 0.5) is 16.4 Å². The third-order valence-electron chi connectivity index (χ3n) is 3.66. The number of carbonyl (C=O) groups is 1. The van der Waals surface area contributed by atoms with Crippen LogP contribution < -0.4 is 10.2 Å². The average molecular weight is 313 g/mol. The number of piperazine rings is 1. The van der Waals surface area contributed by atoms with Gasteiger partial charge in [0.05, 0.1) is 0 Å². The molecule has 2 aromatic heterocycles. The summed E-state index contributed by atoms with van der Waals surface area (Å²) in [6, 6.07) is 3.44. The molecule has 3 rings (SSSR count). The third kappa shape index (κ3) is 3.71. The maximum Gasteiger partial charge on any atom is 0.323 e. The predicted octanol–water partition coefficient (Wildman–Crippen LogP) is 1.24. The SMILES string of the molecule is Cc1nccc(NC(=O)N2CCN(c3ccnc(C)n3)CC2)n1. The van der Waals surface area contributed by atoms with Gasteiger partial charge in [-0.05, 0) is 26.0 Å². The van der Waals surface area contributed by atoms with E-state index in [2.05, 4.69) is 30.2 Å². The number of anilines is 2. The van der Waals surface area contributed by atoms with Crippen molar-refractivity contribution >= 4 is 17.7 Å². The number of amides is 2. The highest BCUT2D eigenvalue weighted by Crippen LogP contribution is 2.13. The van der Waals surface area contributed by atoms with Crippen LogP contribution in [0.1, 0.15) is 11.6 Å². The molecule has 0 aliphatic carbocycles. The van der Waals surface area contributed by atoms with Crippen molar-refractivity contribution in [1.82, 2.24) is 24.8 Å². The summed E-state index contributed by atoms with van der Waals surface area (Å²) in [5, 5.41) is 2.81. The van der Waals surface area contributed by atoms with Crippen molar-refractivity contribution < 1.29 is 4.79 Å². The van der Waals surface area contributed by atoms with Gasteiger partial charge in [0, 0.05) is 38.6 Å². The highest BCUT2D eigenvalue weighted by atomic mass is 16.2. The Hall–Kier alpha value is -2.77. The first kappa shape index (κ1) is 15.1. The molecule has 3 heterocycles. The van der Waals surface area contributed by atoms with Crippen molar-refractivity contribution in [1.29, 1.82) is 0 Å². The molecule has 120 valence electrons. The van der Waals surface area contributed by atoms with Gasteiger partial charge >= 0.3 is 6.03 Å². The van der Waals surface area contributed by atoms with Gasteiger partial charge in [-0.15, -0.1) is 0 Å². The fourth-order valence-corrected chi connectivity index (χ4v) is 2.47. The summed E-state index contributed by atoms with van der Waals surface area (Å²) in [7, 11) is 0. The molecule has 0 aromatic carbocycles. The Morgan fingerprint density at radius 1 is 1.00 bits per heavy atom. The van der Waals surface area contributed by atoms with E-state index in [1.807, 2.05) is 13.0 Å². The first-order chi connectivity index (χ1) is 11.1. The Bertz CT molecular complexity index is 698. The minimum Gasteiger partial charge on any atom is -0.353 e. The standard InChI is InChI=1S/C15H19N7O/c1-11-16-5-3-13(18-11)20-15(23)22-9-7-21(8-10-22)14-4-6-17-12(2)19-14/h3-6H,7-10H2,1-2H3,(H,16,18,20,23). The largest absolute Gasteiger partial charge is 0.353 e. The molecule has 8 heteroatoms. The number of hydrogen-bond acceptors (Lipinski definition) is 6. The molecule has 8 nitrogen and oxygen atoms in total. The molecule has 0 saturated carbocycles. The smallest absolute Gasteiger partial charge is 0.323 e. The van der Waals surface area contributed by atoms with Crippen LogP contribution in [0.5, 0.6) is 0 Å². The van der Waals surface area contributed by atoms with Gasteiger partial charge in [-0.3, -0.25) is 5.32 Å². The van der Waals surface area contributed by atoms with Gasteiger partial charge in [0.1, 0.15) is 23.3 Å². The molecule has 1 aliphatic heterocycles. The lowest BCUT2D eigenvalue weighted by molar-refractivity contribution is 0.208. The lowest BCUT2D eigenvalue weighted by Crippen LogP contribution is -2.50. The summed E-state index contributed by atoms with van der Waals surface area (Å²) in [5.41, 5.74) is 0. The molecule has 1 aliphatic rings. The third-order valence-corrected chi connectivity index (χ3v) is 3.66. The highest BCUT2D eigenvalue weighted by Gasteiger charge is 2.22. The molecule has 1 fully saturated rings. The minimum atomic E-state index is -0.137. The molecular weight excluding hydrogens is 294 g/mol. The fourth-order valence-electron chi connectivity index (χ4n) is 2.47. The molecule has 0 atom stereocenters. The summed E-state index contributed by atoms with van der Waals surface area (Å²) in [5.74, 6) is 2.81. The Kier molecular flexibility index (Phi) is 4.31. The zero-order valence-electron chi connectivity index (χ0n) is 13.2. The number of aromatic nitrogens is 4. The molecule has 1 N–H and O–H groups in total. The molecule has 0 unspecified atom stereocenters. The van der Waals surface area contributed by atoms with Crippen LogP contribution in [0.15, 0.2) is 24.5 Å². The van der Waals surface area contributed by atoms with Crippen molar-refractivity contribution in [3.05, 3.63) is 36.2 Å². The van der Waals surface area contributed by atoms with E-state index in [-0.39, 0.29) is 6.03 Å². The van der Waals surface area contributed by atoms with E-state index in [0.29, 0.717) is 24.7 Å². The lowest BCUT2D eigenvalue weighted by Gasteiger charge is -2.35. The van der Waals surface area contributed by atoms with Crippen LogP contribution in [0.2, 0.25) is 0 Å². The number of hydrogen-bond donors (Lipinski definition) is 1. The van der Waals surface area contributed by atoms with Crippen LogP contribution in [0, 0.1) is 13.8 Å². The fraction of sp³-hybridized carbons (Fsp3) is 0.400. The van der Waals surface area contributed by atoms with Crippen LogP contribution in [0.25, 0.3) is 0 Å². The van der Waals surface area contributed by atoms with E-state index >= 15 is 0 Å². The van der Waals surface area contributed by atoms with Gasteiger partial charge in [-0.25, -0.2) is 24.7 Å². The number of carbonyl (C=O) groups excluding carboxylic acids is 1. The summed E-state index contributed by atoms with van der Waals surface area (Å²) < 4.78 is 0. The maximum atomic E-state index is 12.3. The number of rotatable bonds is 2. The maximum absolute atomic E-state index is 12.3. The topological polar surface area (TPSA) is 87.1 Å². The predicted molar refractivity (Wildman–Crippen MR) is 86.3 cm³/mol. The molecule has 0 spiro atoms. The van der Waals surface area contributed by atoms with Crippen molar-refractivity contribution in [2.45, 2.75) is 13.8 Å². The Morgan fingerprint density at radius 3 is 2.30 bits per heavy atom. The second-order valence-electron chi connectivity index (χ2n) is 5.36. The Labute approximate surface area is 134 Å². The second kappa shape index (κ2) is 6.55. The zero-order valence-corrected chi connectivity index (χ0v) is 13.2. The van der Waals surface area contributed by atoms with E-state index in [0.717, 1.165) is 24.7 Å². The number of nitrogens with zero attached hydrogens (tertiary/aromatic N) is 6. The summed E-state index contributed by atoms with van der Waals surface area (Å²) in [6.45, 7) is 6.42. The molecule has 2 aromatic rings. The van der Waals surface area contributed by atoms with Crippen molar-refractivity contribution in [3.63, 3.8) is 0 Å². The monoisotopic (exact) mass is 313 g/mol. The zero-order chi connectivity index (χ0) is 16.2. The minimum absolute atomic E-state index is 0.137. The summed E-state index contributed by atoms with van der Waals surface area (Å²) in [4.78, 5) is 33.0. The molecule has 0 radical (unpaired) electrons. The molecule has 1 saturated heterocycles.